The molecular weight excluding hydrogens is 331 g/mol. The molecule has 6 heteroatoms. The van der Waals surface area contributed by atoms with Crippen LogP contribution in [-0.4, -0.2) is 22.5 Å². The van der Waals surface area contributed by atoms with Gasteiger partial charge < -0.3 is 15.4 Å². The number of aromatic nitrogens is 1. The minimum atomic E-state index is -1.02. The second-order valence-electron chi connectivity index (χ2n) is 5.57. The Morgan fingerprint density at radius 1 is 1.33 bits per heavy atom. The van der Waals surface area contributed by atoms with Crippen LogP contribution in [0.4, 0.5) is 4.39 Å². The monoisotopic (exact) mass is 346 g/mol. The molecule has 24 heavy (non-hydrogen) atoms. The van der Waals surface area contributed by atoms with Gasteiger partial charge in [0.15, 0.2) is 0 Å². The second kappa shape index (κ2) is 6.63. The van der Waals surface area contributed by atoms with E-state index in [9.17, 15) is 14.3 Å². The highest BCUT2D eigenvalue weighted by Gasteiger charge is 2.17. The Labute approximate surface area is 143 Å². The van der Waals surface area contributed by atoms with Crippen LogP contribution in [0.3, 0.4) is 0 Å². The van der Waals surface area contributed by atoms with Crippen molar-refractivity contribution in [3.63, 3.8) is 0 Å². The van der Waals surface area contributed by atoms with E-state index in [-0.39, 0.29) is 17.5 Å². The minimum absolute atomic E-state index is 0.00981. The SMILES string of the molecule is Cc1[nH]c2ccccc2c1C(=O)NCC(O)c1ccc(Cl)c(F)c1. The first kappa shape index (κ1) is 16.5. The summed E-state index contributed by atoms with van der Waals surface area (Å²) in [7, 11) is 0. The predicted octanol–water partition coefficient (Wildman–Crippen LogP) is 3.73. The maximum Gasteiger partial charge on any atom is 0.253 e. The van der Waals surface area contributed by atoms with Gasteiger partial charge in [-0.25, -0.2) is 4.39 Å². The molecule has 1 unspecified atom stereocenters. The van der Waals surface area contributed by atoms with Crippen LogP contribution >= 0.6 is 11.6 Å². The number of H-pyrrole nitrogens is 1. The maximum absolute atomic E-state index is 13.5. The summed E-state index contributed by atoms with van der Waals surface area (Å²) in [5.74, 6) is -0.898. The Balaban J connectivity index is 1.75. The molecule has 3 rings (SSSR count). The number of halogens is 2. The average Bonchev–Trinajstić information content (AvgIpc) is 2.90. The number of para-hydroxylation sites is 1. The van der Waals surface area contributed by atoms with Gasteiger partial charge in [-0.3, -0.25) is 4.79 Å². The smallest absolute Gasteiger partial charge is 0.253 e. The lowest BCUT2D eigenvalue weighted by atomic mass is 10.1. The Bertz CT molecular complexity index is 907. The number of amides is 1. The Morgan fingerprint density at radius 3 is 2.83 bits per heavy atom. The molecule has 0 bridgehead atoms. The minimum Gasteiger partial charge on any atom is -0.387 e. The van der Waals surface area contributed by atoms with E-state index in [0.717, 1.165) is 22.7 Å². The molecule has 0 aliphatic carbocycles. The van der Waals surface area contributed by atoms with Gasteiger partial charge in [-0.05, 0) is 30.7 Å². The molecule has 124 valence electrons. The number of carbonyl (C=O) groups is 1. The molecule has 3 aromatic rings. The third-order valence-corrected chi connectivity index (χ3v) is 4.21. The number of aliphatic hydroxyl groups is 1. The van der Waals surface area contributed by atoms with Crippen LogP contribution in [-0.2, 0) is 0 Å². The van der Waals surface area contributed by atoms with Crippen LogP contribution in [0.15, 0.2) is 42.5 Å². The zero-order chi connectivity index (χ0) is 17.3. The molecule has 0 radical (unpaired) electrons. The maximum atomic E-state index is 13.5. The van der Waals surface area contributed by atoms with Gasteiger partial charge in [-0.1, -0.05) is 35.9 Å². The number of carbonyl (C=O) groups excluding carboxylic acids is 1. The van der Waals surface area contributed by atoms with Gasteiger partial charge in [-0.15, -0.1) is 0 Å². The number of hydrogen-bond donors (Lipinski definition) is 3. The molecule has 1 heterocycles. The fraction of sp³-hybridized carbons (Fsp3) is 0.167. The molecule has 1 amide bonds. The number of benzene rings is 2. The summed E-state index contributed by atoms with van der Waals surface area (Å²) in [5, 5.41) is 13.6. The van der Waals surface area contributed by atoms with Crippen molar-refractivity contribution < 1.29 is 14.3 Å². The highest BCUT2D eigenvalue weighted by molar-refractivity contribution is 6.30. The number of rotatable bonds is 4. The van der Waals surface area contributed by atoms with Gasteiger partial charge in [0, 0.05) is 23.1 Å². The fourth-order valence-electron chi connectivity index (χ4n) is 2.68. The van der Waals surface area contributed by atoms with Crippen LogP contribution in [0, 0.1) is 12.7 Å². The normalized spacial score (nSPS) is 12.3. The standard InChI is InChI=1S/C18H16ClFN2O2/c1-10-17(12-4-2-3-5-15(12)22-10)18(24)21-9-16(23)11-6-7-13(19)14(20)8-11/h2-8,16,22-23H,9H2,1H3,(H,21,24). The molecule has 1 atom stereocenters. The van der Waals surface area contributed by atoms with E-state index in [4.69, 9.17) is 11.6 Å². The van der Waals surface area contributed by atoms with Gasteiger partial charge in [-0.2, -0.15) is 0 Å². The number of aromatic amines is 1. The largest absolute Gasteiger partial charge is 0.387 e. The first-order chi connectivity index (χ1) is 11.5. The van der Waals surface area contributed by atoms with Crippen molar-refractivity contribution in [1.82, 2.24) is 10.3 Å². The number of fused-ring (bicyclic) bond motifs is 1. The van der Waals surface area contributed by atoms with Crippen LogP contribution in [0.1, 0.15) is 27.7 Å². The van der Waals surface area contributed by atoms with Crippen molar-refractivity contribution in [3.05, 3.63) is 70.1 Å². The molecule has 0 saturated carbocycles. The molecule has 0 aliphatic rings. The molecule has 4 nitrogen and oxygen atoms in total. The second-order valence-corrected chi connectivity index (χ2v) is 5.98. The van der Waals surface area contributed by atoms with Crippen molar-refractivity contribution in [2.75, 3.05) is 6.54 Å². The fourth-order valence-corrected chi connectivity index (χ4v) is 2.80. The zero-order valence-corrected chi connectivity index (χ0v) is 13.7. The number of nitrogens with one attached hydrogen (secondary N) is 2. The van der Waals surface area contributed by atoms with E-state index in [1.165, 1.54) is 12.1 Å². The third kappa shape index (κ3) is 3.13. The quantitative estimate of drug-likeness (QED) is 0.674. The summed E-state index contributed by atoms with van der Waals surface area (Å²) < 4.78 is 13.5. The summed E-state index contributed by atoms with van der Waals surface area (Å²) in [6, 6.07) is 11.6. The first-order valence-electron chi connectivity index (χ1n) is 7.46. The van der Waals surface area contributed by atoms with E-state index >= 15 is 0 Å². The predicted molar refractivity (Wildman–Crippen MR) is 91.7 cm³/mol. The van der Waals surface area contributed by atoms with Crippen molar-refractivity contribution in [1.29, 1.82) is 0 Å². The van der Waals surface area contributed by atoms with E-state index < -0.39 is 11.9 Å². The van der Waals surface area contributed by atoms with Crippen molar-refractivity contribution in [3.8, 4) is 0 Å². The summed E-state index contributed by atoms with van der Waals surface area (Å²) >= 11 is 5.62. The summed E-state index contributed by atoms with van der Waals surface area (Å²) in [6.07, 6.45) is -1.02. The zero-order valence-electron chi connectivity index (χ0n) is 12.9. The van der Waals surface area contributed by atoms with Gasteiger partial charge >= 0.3 is 0 Å². The van der Waals surface area contributed by atoms with Crippen molar-refractivity contribution >= 4 is 28.4 Å². The highest BCUT2D eigenvalue weighted by atomic mass is 35.5. The molecule has 0 aliphatic heterocycles. The molecule has 3 N–H and O–H groups in total. The molecule has 0 fully saturated rings. The van der Waals surface area contributed by atoms with Gasteiger partial charge in [0.05, 0.1) is 16.7 Å². The Morgan fingerprint density at radius 2 is 2.08 bits per heavy atom. The summed E-state index contributed by atoms with van der Waals surface area (Å²) in [5.41, 5.74) is 2.52. The van der Waals surface area contributed by atoms with Crippen LogP contribution in [0.25, 0.3) is 10.9 Å². The lowest BCUT2D eigenvalue weighted by Crippen LogP contribution is -2.28. The Kier molecular flexibility index (Phi) is 4.55. The van der Waals surface area contributed by atoms with Crippen LogP contribution in [0.2, 0.25) is 5.02 Å². The van der Waals surface area contributed by atoms with Gasteiger partial charge in [0.2, 0.25) is 0 Å². The summed E-state index contributed by atoms with van der Waals surface area (Å²) in [6.45, 7) is 1.79. The lowest BCUT2D eigenvalue weighted by Gasteiger charge is -2.13. The van der Waals surface area contributed by atoms with E-state index in [1.54, 1.807) is 0 Å². The van der Waals surface area contributed by atoms with Crippen molar-refractivity contribution in [2.45, 2.75) is 13.0 Å². The highest BCUT2D eigenvalue weighted by Crippen LogP contribution is 2.23. The lowest BCUT2D eigenvalue weighted by molar-refractivity contribution is 0.0917. The molecule has 0 saturated heterocycles. The van der Waals surface area contributed by atoms with E-state index in [1.807, 2.05) is 31.2 Å². The molecule has 0 spiro atoms. The first-order valence-corrected chi connectivity index (χ1v) is 7.83. The number of aliphatic hydroxyl groups excluding tert-OH is 1. The molecule has 2 aromatic carbocycles. The van der Waals surface area contributed by atoms with Crippen LogP contribution < -0.4 is 5.32 Å². The summed E-state index contributed by atoms with van der Waals surface area (Å²) in [4.78, 5) is 15.6. The van der Waals surface area contributed by atoms with Gasteiger partial charge in [0.1, 0.15) is 5.82 Å². The molecule has 1 aromatic heterocycles. The van der Waals surface area contributed by atoms with E-state index in [2.05, 4.69) is 10.3 Å². The third-order valence-electron chi connectivity index (χ3n) is 3.91. The van der Waals surface area contributed by atoms with Gasteiger partial charge in [0.25, 0.3) is 5.91 Å². The van der Waals surface area contributed by atoms with Crippen LogP contribution in [0.5, 0.6) is 0 Å². The van der Waals surface area contributed by atoms with E-state index in [0.29, 0.717) is 11.1 Å². The average molecular weight is 347 g/mol. The number of aryl methyl sites for hydroxylation is 1. The topological polar surface area (TPSA) is 65.1 Å². The van der Waals surface area contributed by atoms with Crippen molar-refractivity contribution in [2.24, 2.45) is 0 Å². The Hall–Kier alpha value is -2.37. The molecular formula is C18H16ClFN2O2. The number of hydrogen-bond acceptors (Lipinski definition) is 2.